The van der Waals surface area contributed by atoms with Crippen LogP contribution in [0.2, 0.25) is 0 Å². The van der Waals surface area contributed by atoms with Crippen molar-refractivity contribution >= 4 is 7.82 Å². The third kappa shape index (κ3) is 128. The van der Waals surface area contributed by atoms with Crippen molar-refractivity contribution in [2.75, 3.05) is 0 Å². The van der Waals surface area contributed by atoms with Crippen molar-refractivity contribution in [2.24, 2.45) is 0 Å². The van der Waals surface area contributed by atoms with Gasteiger partial charge in [0.15, 0.2) is 0 Å². The molecule has 2 radical (unpaired) electrons. The van der Waals surface area contributed by atoms with Crippen molar-refractivity contribution in [1.82, 2.24) is 0 Å². The molecule has 52 valence electrons. The van der Waals surface area contributed by atoms with E-state index in [-0.39, 0.29) is 74.5 Å². The molecule has 0 saturated carbocycles. The minimum atomic E-state index is -4.64. The standard InChI is InChI=1S/Fe.Li.H3O4P.2V.H/c;;1-5(2,3)4;;;/h;;(H3,1,2,3,4);;;/q;+1;;;;-1. The molecule has 0 aliphatic rings. The van der Waals surface area contributed by atoms with E-state index in [1.807, 2.05) is 0 Å². The second kappa shape index (κ2) is 13.0. The predicted octanol–water partition coefficient (Wildman–Crippen LogP) is -3.82. The summed E-state index contributed by atoms with van der Waals surface area (Å²) < 4.78 is 8.88. The van der Waals surface area contributed by atoms with Crippen molar-refractivity contribution in [3.63, 3.8) is 0 Å². The molecule has 3 N–H and O–H groups in total. The molecule has 0 aliphatic carbocycles. The van der Waals surface area contributed by atoms with Gasteiger partial charge in [-0.3, -0.25) is 0 Å². The van der Waals surface area contributed by atoms with Gasteiger partial charge in [-0.2, -0.15) is 0 Å². The van der Waals surface area contributed by atoms with E-state index >= 15 is 0 Å². The molecule has 0 atom stereocenters. The smallest absolute Gasteiger partial charge is 1.00 e. The van der Waals surface area contributed by atoms with Crippen LogP contribution in [0.15, 0.2) is 0 Å². The first-order chi connectivity index (χ1) is 2.00. The van der Waals surface area contributed by atoms with E-state index < -0.39 is 7.82 Å². The summed E-state index contributed by atoms with van der Waals surface area (Å²) in [5, 5.41) is 0. The van der Waals surface area contributed by atoms with Crippen molar-refractivity contribution in [3.8, 4) is 0 Å². The maximum absolute atomic E-state index is 8.88. The van der Waals surface area contributed by atoms with Crippen LogP contribution in [-0.4, -0.2) is 14.7 Å². The number of hydrogen-bond donors (Lipinski definition) is 3. The fourth-order valence-corrected chi connectivity index (χ4v) is 0. The van der Waals surface area contributed by atoms with Gasteiger partial charge >= 0.3 is 26.7 Å². The van der Waals surface area contributed by atoms with Gasteiger partial charge in [0.25, 0.3) is 0 Å². The van der Waals surface area contributed by atoms with Gasteiger partial charge in [-0.25, -0.2) is 4.57 Å². The SMILES string of the molecule is O=P(O)(O)O.[Fe].[H-].[Li+].[V].[V]. The summed E-state index contributed by atoms with van der Waals surface area (Å²) in [4.78, 5) is 21.6. The summed E-state index contributed by atoms with van der Waals surface area (Å²) in [7, 11) is -4.64. The Hall–Kier alpha value is 2.40. The summed E-state index contributed by atoms with van der Waals surface area (Å²) in [6, 6.07) is 0. The zero-order chi connectivity index (χ0) is 4.50. The molecule has 0 heterocycles. The number of phosphoric acid groups is 1. The van der Waals surface area contributed by atoms with Crippen molar-refractivity contribution in [2.45, 2.75) is 0 Å². The summed E-state index contributed by atoms with van der Waals surface area (Å²) in [5.41, 5.74) is 0. The fourth-order valence-electron chi connectivity index (χ4n) is 0. The molecule has 4 nitrogen and oxygen atoms in total. The Labute approximate surface area is 101 Å². The quantitative estimate of drug-likeness (QED) is 0.309. The second-order valence-corrected chi connectivity index (χ2v) is 1.54. The first-order valence-corrected chi connectivity index (χ1v) is 2.35. The minimum absolute atomic E-state index is 0. The first kappa shape index (κ1) is 30.1. The average Bonchev–Trinajstić information content (AvgIpc) is 0.722. The van der Waals surface area contributed by atoms with Crippen LogP contribution < -0.4 is 18.9 Å². The Morgan fingerprint density at radius 1 is 1.11 bits per heavy atom. The van der Waals surface area contributed by atoms with Crippen LogP contribution in [0.5, 0.6) is 0 Å². The van der Waals surface area contributed by atoms with Crippen LogP contribution >= 0.6 is 7.82 Å². The van der Waals surface area contributed by atoms with Gasteiger partial charge in [0, 0.05) is 54.2 Å². The van der Waals surface area contributed by atoms with Gasteiger partial charge in [0.1, 0.15) is 0 Å². The van der Waals surface area contributed by atoms with E-state index in [9.17, 15) is 0 Å². The zero-order valence-corrected chi connectivity index (χ0v) is 9.24. The summed E-state index contributed by atoms with van der Waals surface area (Å²) in [6.45, 7) is 0. The van der Waals surface area contributed by atoms with E-state index in [4.69, 9.17) is 19.2 Å². The van der Waals surface area contributed by atoms with Crippen LogP contribution in [0.3, 0.4) is 0 Å². The van der Waals surface area contributed by atoms with Crippen molar-refractivity contribution in [1.29, 1.82) is 0 Å². The maximum atomic E-state index is 8.88. The van der Waals surface area contributed by atoms with Gasteiger partial charge in [-0.1, -0.05) is 0 Å². The molecular weight excluding hydrogens is 260 g/mol. The molecule has 0 unspecified atom stereocenters. The molecule has 0 spiro atoms. The minimum Gasteiger partial charge on any atom is -1.00 e. The van der Waals surface area contributed by atoms with E-state index in [0.717, 1.165) is 0 Å². The van der Waals surface area contributed by atoms with Crippen LogP contribution in [-0.2, 0) is 58.7 Å². The zero-order valence-electron chi connectivity index (χ0n) is 5.45. The summed E-state index contributed by atoms with van der Waals surface area (Å²) in [6.07, 6.45) is 0. The van der Waals surface area contributed by atoms with Crippen molar-refractivity contribution in [3.05, 3.63) is 0 Å². The molecule has 0 aromatic rings. The molecule has 0 saturated heterocycles. The molecule has 0 bridgehead atoms. The van der Waals surface area contributed by atoms with Crippen LogP contribution in [0.4, 0.5) is 0 Å². The van der Waals surface area contributed by atoms with Crippen LogP contribution in [0.1, 0.15) is 1.43 Å². The molecule has 0 rings (SSSR count). The summed E-state index contributed by atoms with van der Waals surface area (Å²) in [5.74, 6) is 0. The largest absolute Gasteiger partial charge is 1.00 e. The van der Waals surface area contributed by atoms with Gasteiger partial charge in [0.2, 0.25) is 0 Å². The van der Waals surface area contributed by atoms with Gasteiger partial charge in [-0.15, -0.1) is 0 Å². The number of hydrogen-bond acceptors (Lipinski definition) is 1. The molecule has 0 fully saturated rings. The topological polar surface area (TPSA) is 77.8 Å². The van der Waals surface area contributed by atoms with Gasteiger partial charge in [-0.05, 0) is 0 Å². The molecule has 0 aromatic heterocycles. The molecular formula is H4FeLiO4PV2. The Bertz CT molecular complexity index is 69.4. The molecule has 0 amide bonds. The number of rotatable bonds is 0. The Kier molecular flexibility index (Phi) is 43.6. The average molecular weight is 264 g/mol. The Balaban J connectivity index is -0.00000000800. The van der Waals surface area contributed by atoms with E-state index in [1.165, 1.54) is 0 Å². The van der Waals surface area contributed by atoms with E-state index in [2.05, 4.69) is 0 Å². The first-order valence-electron chi connectivity index (χ1n) is 0.783. The third-order valence-corrected chi connectivity index (χ3v) is 0. The Morgan fingerprint density at radius 3 is 1.11 bits per heavy atom. The third-order valence-electron chi connectivity index (χ3n) is 0. The molecule has 9 heteroatoms. The van der Waals surface area contributed by atoms with Gasteiger partial charge < -0.3 is 16.1 Å². The van der Waals surface area contributed by atoms with Crippen LogP contribution in [0.25, 0.3) is 0 Å². The maximum Gasteiger partial charge on any atom is 1.00 e. The van der Waals surface area contributed by atoms with Crippen LogP contribution in [0, 0.1) is 0 Å². The van der Waals surface area contributed by atoms with E-state index in [0.29, 0.717) is 0 Å². The molecule has 0 aliphatic heterocycles. The monoisotopic (exact) mass is 264 g/mol. The van der Waals surface area contributed by atoms with Gasteiger partial charge in [0.05, 0.1) is 0 Å². The fraction of sp³-hybridized carbons (Fsp3) is 0. The second-order valence-electron chi connectivity index (χ2n) is 0.513. The predicted molar refractivity (Wildman–Crippen MR) is 15.4 cm³/mol. The molecule has 0 aromatic carbocycles. The van der Waals surface area contributed by atoms with E-state index in [1.54, 1.807) is 0 Å². The summed E-state index contributed by atoms with van der Waals surface area (Å²) >= 11 is 0. The Morgan fingerprint density at radius 2 is 1.11 bits per heavy atom. The van der Waals surface area contributed by atoms with Crippen molar-refractivity contribution < 1.29 is 93.7 Å². The normalized spacial score (nSPS) is 6.56. The molecule has 9 heavy (non-hydrogen) atoms.